The van der Waals surface area contributed by atoms with Crippen molar-refractivity contribution in [3.8, 4) is 0 Å². The Bertz CT molecular complexity index is 778. The Hall–Kier alpha value is -2.12. The number of furan rings is 1. The van der Waals surface area contributed by atoms with Crippen LogP contribution in [0.15, 0.2) is 52.0 Å². The number of rotatable bonds is 6. The van der Waals surface area contributed by atoms with Gasteiger partial charge >= 0.3 is 0 Å². The Balaban J connectivity index is 1.69. The van der Waals surface area contributed by atoms with Crippen LogP contribution in [0.2, 0.25) is 0 Å². The molecule has 1 aliphatic carbocycles. The number of carbonyl (C=O) groups is 1. The van der Waals surface area contributed by atoms with Crippen molar-refractivity contribution in [3.63, 3.8) is 0 Å². The third-order valence-electron chi connectivity index (χ3n) is 3.63. The molecule has 0 radical (unpaired) electrons. The van der Waals surface area contributed by atoms with Gasteiger partial charge in [-0.3, -0.25) is 4.79 Å². The van der Waals surface area contributed by atoms with Crippen molar-refractivity contribution < 1.29 is 17.6 Å². The molecule has 3 rings (SSSR count). The van der Waals surface area contributed by atoms with Crippen LogP contribution in [-0.4, -0.2) is 32.3 Å². The van der Waals surface area contributed by atoms with Crippen LogP contribution in [-0.2, 0) is 16.6 Å². The minimum Gasteiger partial charge on any atom is -0.467 e. The van der Waals surface area contributed by atoms with E-state index in [0.717, 1.165) is 12.8 Å². The van der Waals surface area contributed by atoms with Crippen molar-refractivity contribution in [2.75, 3.05) is 7.05 Å². The maximum atomic E-state index is 12.3. The fraction of sp³-hybridized carbons (Fsp3) is 0.312. The third-order valence-corrected chi connectivity index (χ3v) is 5.17. The monoisotopic (exact) mass is 334 g/mol. The van der Waals surface area contributed by atoms with E-state index >= 15 is 0 Å². The minimum absolute atomic E-state index is 0.0562. The topological polar surface area (TPSA) is 79.6 Å². The van der Waals surface area contributed by atoms with Crippen LogP contribution < -0.4 is 4.72 Å². The predicted octanol–water partition coefficient (Wildman–Crippen LogP) is 1.99. The normalized spacial score (nSPS) is 14.7. The van der Waals surface area contributed by atoms with Gasteiger partial charge in [0.05, 0.1) is 17.7 Å². The highest BCUT2D eigenvalue weighted by Gasteiger charge is 2.28. The summed E-state index contributed by atoms with van der Waals surface area (Å²) >= 11 is 0. The molecule has 2 aromatic rings. The summed E-state index contributed by atoms with van der Waals surface area (Å²) in [5.74, 6) is 0.495. The fourth-order valence-corrected chi connectivity index (χ4v) is 3.50. The highest BCUT2D eigenvalue weighted by atomic mass is 32.2. The van der Waals surface area contributed by atoms with Crippen LogP contribution in [0.5, 0.6) is 0 Å². The van der Waals surface area contributed by atoms with Gasteiger partial charge in [0, 0.05) is 18.7 Å². The lowest BCUT2D eigenvalue weighted by atomic mass is 10.2. The van der Waals surface area contributed by atoms with Gasteiger partial charge < -0.3 is 9.32 Å². The lowest BCUT2D eigenvalue weighted by Crippen LogP contribution is -2.27. The first kappa shape index (κ1) is 15.8. The van der Waals surface area contributed by atoms with Gasteiger partial charge in [-0.1, -0.05) is 0 Å². The van der Waals surface area contributed by atoms with Gasteiger partial charge in [-0.15, -0.1) is 0 Å². The maximum Gasteiger partial charge on any atom is 0.254 e. The quantitative estimate of drug-likeness (QED) is 0.876. The second kappa shape index (κ2) is 6.17. The van der Waals surface area contributed by atoms with Gasteiger partial charge in [-0.2, -0.15) is 0 Å². The summed E-state index contributed by atoms with van der Waals surface area (Å²) in [7, 11) is -1.82. The summed E-state index contributed by atoms with van der Waals surface area (Å²) < 4.78 is 32.0. The zero-order valence-corrected chi connectivity index (χ0v) is 13.5. The van der Waals surface area contributed by atoms with E-state index in [1.165, 1.54) is 29.2 Å². The lowest BCUT2D eigenvalue weighted by molar-refractivity contribution is 0.0775. The molecule has 6 nitrogen and oxygen atoms in total. The van der Waals surface area contributed by atoms with E-state index in [9.17, 15) is 13.2 Å². The molecule has 0 saturated heterocycles. The van der Waals surface area contributed by atoms with E-state index in [1.54, 1.807) is 25.4 Å². The van der Waals surface area contributed by atoms with E-state index in [-0.39, 0.29) is 16.8 Å². The van der Waals surface area contributed by atoms with Crippen molar-refractivity contribution >= 4 is 15.9 Å². The molecule has 0 atom stereocenters. The van der Waals surface area contributed by atoms with E-state index in [0.29, 0.717) is 17.9 Å². The Morgan fingerprint density at radius 2 is 1.96 bits per heavy atom. The average Bonchev–Trinajstić information content (AvgIpc) is 3.18. The molecule has 7 heteroatoms. The molecule has 1 saturated carbocycles. The van der Waals surface area contributed by atoms with Crippen LogP contribution in [0.25, 0.3) is 0 Å². The molecular formula is C16H18N2O4S. The first-order valence-electron chi connectivity index (χ1n) is 7.36. The van der Waals surface area contributed by atoms with Gasteiger partial charge in [0.15, 0.2) is 0 Å². The largest absolute Gasteiger partial charge is 0.467 e. The van der Waals surface area contributed by atoms with Crippen LogP contribution in [0.3, 0.4) is 0 Å². The standard InChI is InChI=1S/C16H18N2O4S/c1-18(11-14-3-2-10-22-14)16(19)12-4-8-15(9-5-12)23(20,21)17-13-6-7-13/h2-5,8-10,13,17H,6-7,11H2,1H3. The molecule has 1 aromatic heterocycles. The number of carbonyl (C=O) groups excluding carboxylic acids is 1. The molecule has 1 amide bonds. The number of benzene rings is 1. The molecular weight excluding hydrogens is 316 g/mol. The van der Waals surface area contributed by atoms with Crippen LogP contribution >= 0.6 is 0 Å². The summed E-state index contributed by atoms with van der Waals surface area (Å²) in [6, 6.07) is 9.59. The maximum absolute atomic E-state index is 12.3. The minimum atomic E-state index is -3.49. The molecule has 0 bridgehead atoms. The molecule has 1 heterocycles. The number of nitrogens with zero attached hydrogens (tertiary/aromatic N) is 1. The molecule has 122 valence electrons. The molecule has 1 N–H and O–H groups in total. The average molecular weight is 334 g/mol. The zero-order valence-electron chi connectivity index (χ0n) is 12.7. The van der Waals surface area contributed by atoms with Crippen molar-refractivity contribution in [1.29, 1.82) is 0 Å². The van der Waals surface area contributed by atoms with Crippen molar-refractivity contribution in [2.45, 2.75) is 30.3 Å². The van der Waals surface area contributed by atoms with Gasteiger partial charge in [-0.05, 0) is 49.2 Å². The van der Waals surface area contributed by atoms with E-state index in [4.69, 9.17) is 4.42 Å². The smallest absolute Gasteiger partial charge is 0.254 e. The molecule has 0 spiro atoms. The second-order valence-corrected chi connectivity index (χ2v) is 7.37. The molecule has 23 heavy (non-hydrogen) atoms. The summed E-state index contributed by atoms with van der Waals surface area (Å²) in [4.78, 5) is 14.0. The highest BCUT2D eigenvalue weighted by Crippen LogP contribution is 2.22. The molecule has 0 unspecified atom stereocenters. The van der Waals surface area contributed by atoms with Gasteiger partial charge in [0.25, 0.3) is 5.91 Å². The first-order chi connectivity index (χ1) is 11.0. The Kier molecular flexibility index (Phi) is 4.23. The summed E-state index contributed by atoms with van der Waals surface area (Å²) in [6.45, 7) is 0.356. The zero-order chi connectivity index (χ0) is 16.4. The molecule has 1 fully saturated rings. The molecule has 1 aromatic carbocycles. The number of hydrogen-bond donors (Lipinski definition) is 1. The van der Waals surface area contributed by atoms with E-state index in [1.807, 2.05) is 0 Å². The molecule has 0 aliphatic heterocycles. The van der Waals surface area contributed by atoms with Gasteiger partial charge in [0.2, 0.25) is 10.0 Å². The molecule has 1 aliphatic rings. The van der Waals surface area contributed by atoms with E-state index in [2.05, 4.69) is 4.72 Å². The number of hydrogen-bond acceptors (Lipinski definition) is 4. The van der Waals surface area contributed by atoms with Crippen molar-refractivity contribution in [3.05, 3.63) is 54.0 Å². The van der Waals surface area contributed by atoms with Crippen LogP contribution in [0, 0.1) is 0 Å². The van der Waals surface area contributed by atoms with Gasteiger partial charge in [-0.25, -0.2) is 13.1 Å². The SMILES string of the molecule is CN(Cc1ccco1)C(=O)c1ccc(S(=O)(=O)NC2CC2)cc1. The highest BCUT2D eigenvalue weighted by molar-refractivity contribution is 7.89. The van der Waals surface area contributed by atoms with Crippen molar-refractivity contribution in [2.24, 2.45) is 0 Å². The third kappa shape index (κ3) is 3.80. The summed E-state index contributed by atoms with van der Waals surface area (Å²) in [6.07, 6.45) is 3.32. The Morgan fingerprint density at radius 1 is 1.26 bits per heavy atom. The Labute approximate surface area is 135 Å². The first-order valence-corrected chi connectivity index (χ1v) is 8.84. The van der Waals surface area contributed by atoms with Crippen molar-refractivity contribution in [1.82, 2.24) is 9.62 Å². The number of nitrogens with one attached hydrogen (secondary N) is 1. The van der Waals surface area contributed by atoms with Crippen LogP contribution in [0.4, 0.5) is 0 Å². The predicted molar refractivity (Wildman–Crippen MR) is 84.3 cm³/mol. The summed E-state index contributed by atoms with van der Waals surface area (Å²) in [5.41, 5.74) is 0.435. The van der Waals surface area contributed by atoms with Crippen LogP contribution in [0.1, 0.15) is 29.0 Å². The summed E-state index contributed by atoms with van der Waals surface area (Å²) in [5, 5.41) is 0. The fourth-order valence-electron chi connectivity index (χ4n) is 2.19. The van der Waals surface area contributed by atoms with Gasteiger partial charge in [0.1, 0.15) is 5.76 Å². The number of sulfonamides is 1. The number of amides is 1. The second-order valence-electron chi connectivity index (χ2n) is 5.66. The lowest BCUT2D eigenvalue weighted by Gasteiger charge is -2.16. The Morgan fingerprint density at radius 3 is 2.52 bits per heavy atom. The van der Waals surface area contributed by atoms with E-state index < -0.39 is 10.0 Å².